The van der Waals surface area contributed by atoms with E-state index in [2.05, 4.69) is 23.3 Å². The minimum absolute atomic E-state index is 0.409. The second-order valence-electron chi connectivity index (χ2n) is 7.79. The van der Waals surface area contributed by atoms with Crippen molar-refractivity contribution in [3.8, 4) is 17.2 Å². The number of para-hydroxylation sites is 3. The van der Waals surface area contributed by atoms with Crippen LogP contribution in [0.1, 0.15) is 24.2 Å². The maximum atomic E-state index is 6.04. The predicted octanol–water partition coefficient (Wildman–Crippen LogP) is 6.21. The molecule has 170 valence electrons. The van der Waals surface area contributed by atoms with Crippen molar-refractivity contribution in [3.63, 3.8) is 0 Å². The minimum Gasteiger partial charge on any atom is -0.497 e. The highest BCUT2D eigenvalue weighted by Crippen LogP contribution is 2.22. The van der Waals surface area contributed by atoms with Crippen molar-refractivity contribution in [1.29, 1.82) is 0 Å². The van der Waals surface area contributed by atoms with E-state index in [9.17, 15) is 0 Å². The summed E-state index contributed by atoms with van der Waals surface area (Å²) in [5, 5.41) is 0. The molecular weight excluding hydrogens is 412 g/mol. The van der Waals surface area contributed by atoms with Gasteiger partial charge in [-0.2, -0.15) is 0 Å². The molecule has 0 aliphatic carbocycles. The largest absolute Gasteiger partial charge is 0.497 e. The Bertz CT molecular complexity index is 1180. The number of benzene rings is 3. The van der Waals surface area contributed by atoms with E-state index in [0.717, 1.165) is 59.9 Å². The number of hydrogen-bond donors (Lipinski definition) is 0. The first-order valence-corrected chi connectivity index (χ1v) is 11.3. The number of methoxy groups -OCH3 is 1. The van der Waals surface area contributed by atoms with Crippen molar-refractivity contribution in [2.75, 3.05) is 13.7 Å². The number of rotatable bonds is 12. The van der Waals surface area contributed by atoms with Crippen LogP contribution in [0.25, 0.3) is 11.0 Å². The maximum absolute atomic E-state index is 6.04. The van der Waals surface area contributed by atoms with Gasteiger partial charge in [0.25, 0.3) is 0 Å². The molecule has 1 heterocycles. The fourth-order valence-corrected chi connectivity index (χ4v) is 3.83. The molecule has 0 radical (unpaired) electrons. The summed E-state index contributed by atoms with van der Waals surface area (Å²) in [6.07, 6.45) is 4.66. The molecule has 0 atom stereocenters. The standard InChI is InChI=1S/C28H30N2O3/c1-3-10-22-11-4-7-14-27(22)32-20-9-8-19-30-26-13-6-5-12-25(26)29-28(30)21-33-24-17-15-23(31-2)16-18-24/h3-7,11-18H,1,8-10,19-21H2,2H3. The number of ether oxygens (including phenoxy) is 3. The van der Waals surface area contributed by atoms with Crippen molar-refractivity contribution in [2.24, 2.45) is 0 Å². The van der Waals surface area contributed by atoms with Crippen LogP contribution in [-0.4, -0.2) is 23.3 Å². The zero-order chi connectivity index (χ0) is 22.9. The van der Waals surface area contributed by atoms with E-state index in [-0.39, 0.29) is 0 Å². The molecule has 3 aromatic carbocycles. The van der Waals surface area contributed by atoms with Crippen LogP contribution in [0.4, 0.5) is 0 Å². The van der Waals surface area contributed by atoms with Gasteiger partial charge < -0.3 is 18.8 Å². The SMILES string of the molecule is C=CCc1ccccc1OCCCCn1c(COc2ccc(OC)cc2)nc2ccccc21. The molecule has 5 nitrogen and oxygen atoms in total. The molecule has 0 fully saturated rings. The second-order valence-corrected chi connectivity index (χ2v) is 7.79. The van der Waals surface area contributed by atoms with Gasteiger partial charge in [-0.05, 0) is 67.3 Å². The first-order chi connectivity index (χ1) is 16.3. The van der Waals surface area contributed by atoms with E-state index in [1.54, 1.807) is 7.11 Å². The molecule has 0 saturated carbocycles. The van der Waals surface area contributed by atoms with Gasteiger partial charge in [-0.3, -0.25) is 0 Å². The molecule has 1 aromatic heterocycles. The lowest BCUT2D eigenvalue weighted by Gasteiger charge is -2.12. The Hall–Kier alpha value is -3.73. The van der Waals surface area contributed by atoms with Gasteiger partial charge in [0.05, 0.1) is 24.8 Å². The van der Waals surface area contributed by atoms with Gasteiger partial charge in [0.2, 0.25) is 0 Å². The van der Waals surface area contributed by atoms with Crippen LogP contribution >= 0.6 is 0 Å². The van der Waals surface area contributed by atoms with Crippen LogP contribution in [-0.2, 0) is 19.6 Å². The maximum Gasteiger partial charge on any atom is 0.147 e. The molecule has 0 spiro atoms. The Labute approximate surface area is 195 Å². The first-order valence-electron chi connectivity index (χ1n) is 11.3. The summed E-state index contributed by atoms with van der Waals surface area (Å²) in [7, 11) is 1.66. The molecule has 4 rings (SSSR count). The number of nitrogens with zero attached hydrogens (tertiary/aromatic N) is 2. The summed E-state index contributed by atoms with van der Waals surface area (Å²) in [6.45, 7) is 5.78. The van der Waals surface area contributed by atoms with E-state index >= 15 is 0 Å². The van der Waals surface area contributed by atoms with Crippen LogP contribution in [0.3, 0.4) is 0 Å². The highest BCUT2D eigenvalue weighted by atomic mass is 16.5. The lowest BCUT2D eigenvalue weighted by atomic mass is 10.1. The van der Waals surface area contributed by atoms with Crippen LogP contribution in [0.5, 0.6) is 17.2 Å². The molecular formula is C28H30N2O3. The van der Waals surface area contributed by atoms with Crippen molar-refractivity contribution in [3.05, 3.63) is 96.8 Å². The van der Waals surface area contributed by atoms with Crippen LogP contribution in [0.2, 0.25) is 0 Å². The molecule has 33 heavy (non-hydrogen) atoms. The van der Waals surface area contributed by atoms with Gasteiger partial charge in [0.15, 0.2) is 0 Å². The monoisotopic (exact) mass is 442 g/mol. The zero-order valence-electron chi connectivity index (χ0n) is 19.1. The van der Waals surface area contributed by atoms with Gasteiger partial charge in [-0.25, -0.2) is 4.98 Å². The number of hydrogen-bond acceptors (Lipinski definition) is 4. The van der Waals surface area contributed by atoms with E-state index in [0.29, 0.717) is 13.2 Å². The number of allylic oxidation sites excluding steroid dienone is 1. The predicted molar refractivity (Wildman–Crippen MR) is 132 cm³/mol. The van der Waals surface area contributed by atoms with Crippen molar-refractivity contribution in [2.45, 2.75) is 32.4 Å². The third kappa shape index (κ3) is 5.75. The lowest BCUT2D eigenvalue weighted by molar-refractivity contribution is 0.284. The van der Waals surface area contributed by atoms with Crippen LogP contribution < -0.4 is 14.2 Å². The Morgan fingerprint density at radius 3 is 2.45 bits per heavy atom. The topological polar surface area (TPSA) is 45.5 Å². The molecule has 0 N–H and O–H groups in total. The van der Waals surface area contributed by atoms with Crippen LogP contribution in [0, 0.1) is 0 Å². The van der Waals surface area contributed by atoms with Gasteiger partial charge in [-0.1, -0.05) is 36.4 Å². The Morgan fingerprint density at radius 2 is 1.64 bits per heavy atom. The lowest BCUT2D eigenvalue weighted by Crippen LogP contribution is -2.09. The van der Waals surface area contributed by atoms with E-state index in [4.69, 9.17) is 19.2 Å². The summed E-state index contributed by atoms with van der Waals surface area (Å²) in [6, 6.07) is 24.0. The van der Waals surface area contributed by atoms with Gasteiger partial charge in [-0.15, -0.1) is 6.58 Å². The molecule has 0 bridgehead atoms. The fourth-order valence-electron chi connectivity index (χ4n) is 3.83. The molecule has 0 unspecified atom stereocenters. The average molecular weight is 443 g/mol. The van der Waals surface area contributed by atoms with Crippen molar-refractivity contribution >= 4 is 11.0 Å². The third-order valence-corrected chi connectivity index (χ3v) is 5.53. The zero-order valence-corrected chi connectivity index (χ0v) is 19.1. The number of unbranched alkanes of at least 4 members (excludes halogenated alkanes) is 1. The summed E-state index contributed by atoms with van der Waals surface area (Å²) in [4.78, 5) is 4.81. The molecule has 5 heteroatoms. The van der Waals surface area contributed by atoms with Gasteiger partial charge in [0, 0.05) is 6.54 Å². The number of aryl methyl sites for hydroxylation is 1. The Kier molecular flexibility index (Phi) is 7.64. The second kappa shape index (κ2) is 11.2. The van der Waals surface area contributed by atoms with Crippen molar-refractivity contribution < 1.29 is 14.2 Å². The Morgan fingerprint density at radius 1 is 0.879 bits per heavy atom. The summed E-state index contributed by atoms with van der Waals surface area (Å²) < 4.78 is 19.5. The number of aromatic nitrogens is 2. The smallest absolute Gasteiger partial charge is 0.147 e. The van der Waals surface area contributed by atoms with E-state index in [1.807, 2.05) is 66.7 Å². The van der Waals surface area contributed by atoms with Crippen LogP contribution in [0.15, 0.2) is 85.5 Å². The highest BCUT2D eigenvalue weighted by molar-refractivity contribution is 5.75. The first kappa shape index (κ1) is 22.5. The summed E-state index contributed by atoms with van der Waals surface area (Å²) in [5.41, 5.74) is 3.29. The normalized spacial score (nSPS) is 10.8. The third-order valence-electron chi connectivity index (χ3n) is 5.53. The van der Waals surface area contributed by atoms with Crippen molar-refractivity contribution in [1.82, 2.24) is 9.55 Å². The quantitative estimate of drug-likeness (QED) is 0.193. The van der Waals surface area contributed by atoms with E-state index < -0.39 is 0 Å². The van der Waals surface area contributed by atoms with Gasteiger partial charge in [0.1, 0.15) is 29.7 Å². The molecule has 0 aliphatic rings. The number of fused-ring (bicyclic) bond motifs is 1. The average Bonchev–Trinajstić information content (AvgIpc) is 3.21. The molecule has 0 saturated heterocycles. The molecule has 4 aromatic rings. The highest BCUT2D eigenvalue weighted by Gasteiger charge is 2.11. The summed E-state index contributed by atoms with van der Waals surface area (Å²) >= 11 is 0. The molecule has 0 amide bonds. The minimum atomic E-state index is 0.409. The fraction of sp³-hybridized carbons (Fsp3) is 0.250. The van der Waals surface area contributed by atoms with E-state index in [1.165, 1.54) is 5.56 Å². The molecule has 0 aliphatic heterocycles. The number of imidazole rings is 1. The van der Waals surface area contributed by atoms with Gasteiger partial charge >= 0.3 is 0 Å². The Balaban J connectivity index is 1.37. The summed E-state index contributed by atoms with van der Waals surface area (Å²) in [5.74, 6) is 3.47.